The van der Waals surface area contributed by atoms with E-state index in [1.165, 1.54) is 12.1 Å². The summed E-state index contributed by atoms with van der Waals surface area (Å²) in [5.41, 5.74) is -0.0499. The summed E-state index contributed by atoms with van der Waals surface area (Å²) in [4.78, 5) is 10.6. The van der Waals surface area contributed by atoms with Gasteiger partial charge in [0.05, 0.1) is 15.6 Å². The van der Waals surface area contributed by atoms with E-state index in [2.05, 4.69) is 0 Å². The summed E-state index contributed by atoms with van der Waals surface area (Å²) in [6.07, 6.45) is 0. The Hall–Kier alpha value is -0.440. The summed E-state index contributed by atoms with van der Waals surface area (Å²) in [6, 6.07) is 2.38. The lowest BCUT2D eigenvalue weighted by Crippen LogP contribution is -1.89. The molecule has 0 radical (unpaired) electrons. The number of carbonyl (C=O) groups excluding carboxylic acids is 1. The number of rotatable bonds is 1. The topological polar surface area (TPSA) is 37.3 Å². The molecule has 0 aromatic heterocycles. The zero-order chi connectivity index (χ0) is 9.30. The Bertz CT molecular complexity index is 336. The molecule has 0 bridgehead atoms. The molecule has 1 rings (SSSR count). The highest BCUT2D eigenvalue weighted by atomic mass is 35.5. The summed E-state index contributed by atoms with van der Waals surface area (Å²) in [5, 5.41) is 8.72. The van der Waals surface area contributed by atoms with Crippen LogP contribution in [0.3, 0.4) is 0 Å². The summed E-state index contributed by atoms with van der Waals surface area (Å²) < 4.78 is 0. The highest BCUT2D eigenvalue weighted by molar-refractivity contribution is 6.68. The Balaban J connectivity index is 3.33. The van der Waals surface area contributed by atoms with Crippen LogP contribution in [0.1, 0.15) is 10.4 Å². The van der Waals surface area contributed by atoms with Crippen LogP contribution < -0.4 is 0 Å². The first-order chi connectivity index (χ1) is 5.52. The van der Waals surface area contributed by atoms with Gasteiger partial charge in [-0.1, -0.05) is 23.2 Å². The highest BCUT2D eigenvalue weighted by Gasteiger charge is 2.11. The molecular formula is C7H3Cl3O2. The third-order valence-electron chi connectivity index (χ3n) is 1.25. The lowest BCUT2D eigenvalue weighted by Gasteiger charge is -2.00. The van der Waals surface area contributed by atoms with E-state index in [9.17, 15) is 4.79 Å². The number of carbonyl (C=O) groups is 1. The van der Waals surface area contributed by atoms with Crippen LogP contribution in [0.25, 0.3) is 0 Å². The molecular weight excluding hydrogens is 222 g/mol. The van der Waals surface area contributed by atoms with Gasteiger partial charge in [0.2, 0.25) is 0 Å². The summed E-state index contributed by atoms with van der Waals surface area (Å²) in [6.45, 7) is 0. The van der Waals surface area contributed by atoms with Crippen molar-refractivity contribution in [2.75, 3.05) is 0 Å². The largest absolute Gasteiger partial charge is 0.507 e. The van der Waals surface area contributed by atoms with Gasteiger partial charge in [-0.15, -0.1) is 0 Å². The van der Waals surface area contributed by atoms with Crippen molar-refractivity contribution in [1.29, 1.82) is 0 Å². The van der Waals surface area contributed by atoms with E-state index in [1.807, 2.05) is 0 Å². The predicted molar refractivity (Wildman–Crippen MR) is 48.3 cm³/mol. The monoisotopic (exact) mass is 224 g/mol. The fraction of sp³-hybridized carbons (Fsp3) is 0. The van der Waals surface area contributed by atoms with E-state index in [0.29, 0.717) is 0 Å². The zero-order valence-electron chi connectivity index (χ0n) is 5.64. The van der Waals surface area contributed by atoms with Gasteiger partial charge in [-0.3, -0.25) is 4.79 Å². The average Bonchev–Trinajstić information content (AvgIpc) is 1.96. The van der Waals surface area contributed by atoms with Gasteiger partial charge in [0.15, 0.2) is 0 Å². The molecule has 0 aliphatic heterocycles. The molecule has 0 spiro atoms. The number of halogens is 3. The maximum absolute atomic E-state index is 10.6. The highest BCUT2D eigenvalue weighted by Crippen LogP contribution is 2.30. The number of benzene rings is 1. The van der Waals surface area contributed by atoms with Crippen LogP contribution in [0.5, 0.6) is 5.75 Å². The average molecular weight is 225 g/mol. The van der Waals surface area contributed by atoms with Crippen molar-refractivity contribution in [3.05, 3.63) is 27.7 Å². The number of phenols is 1. The quantitative estimate of drug-likeness (QED) is 0.746. The van der Waals surface area contributed by atoms with Crippen LogP contribution in [-0.4, -0.2) is 10.3 Å². The van der Waals surface area contributed by atoms with Crippen molar-refractivity contribution < 1.29 is 9.90 Å². The van der Waals surface area contributed by atoms with Crippen molar-refractivity contribution in [3.63, 3.8) is 0 Å². The Kier molecular flexibility index (Phi) is 2.83. The van der Waals surface area contributed by atoms with Crippen molar-refractivity contribution >= 4 is 40.0 Å². The minimum Gasteiger partial charge on any atom is -0.507 e. The second-order valence-electron chi connectivity index (χ2n) is 2.06. The molecule has 2 nitrogen and oxygen atoms in total. The first kappa shape index (κ1) is 9.65. The molecule has 0 saturated carbocycles. The van der Waals surface area contributed by atoms with Gasteiger partial charge in [-0.2, -0.15) is 0 Å². The van der Waals surface area contributed by atoms with Crippen molar-refractivity contribution in [1.82, 2.24) is 0 Å². The Morgan fingerprint density at radius 2 is 1.75 bits per heavy atom. The molecule has 0 atom stereocenters. The fourth-order valence-corrected chi connectivity index (χ4v) is 1.17. The maximum Gasteiger partial charge on any atom is 0.256 e. The van der Waals surface area contributed by atoms with E-state index in [1.54, 1.807) is 0 Å². The Labute approximate surface area is 83.7 Å². The summed E-state index contributed by atoms with van der Waals surface area (Å²) in [5.74, 6) is -0.274. The second kappa shape index (κ2) is 3.52. The molecule has 1 N–H and O–H groups in total. The van der Waals surface area contributed by atoms with Crippen LogP contribution in [0.15, 0.2) is 12.1 Å². The van der Waals surface area contributed by atoms with Crippen LogP contribution in [0.4, 0.5) is 0 Å². The Morgan fingerprint density at radius 3 is 2.25 bits per heavy atom. The first-order valence-corrected chi connectivity index (χ1v) is 4.03. The number of hydrogen-bond acceptors (Lipinski definition) is 2. The third kappa shape index (κ3) is 1.83. The van der Waals surface area contributed by atoms with Crippen molar-refractivity contribution in [3.8, 4) is 5.75 Å². The molecule has 1 aromatic rings. The van der Waals surface area contributed by atoms with Gasteiger partial charge in [-0.25, -0.2) is 0 Å². The SMILES string of the molecule is O=C(Cl)c1cc(Cl)c(Cl)cc1O. The van der Waals surface area contributed by atoms with Crippen LogP contribution in [0.2, 0.25) is 10.0 Å². The molecule has 0 amide bonds. The van der Waals surface area contributed by atoms with Gasteiger partial charge in [0, 0.05) is 6.07 Å². The molecule has 0 fully saturated rings. The van der Waals surface area contributed by atoms with E-state index in [-0.39, 0.29) is 21.4 Å². The molecule has 12 heavy (non-hydrogen) atoms. The summed E-state index contributed by atoms with van der Waals surface area (Å²) >= 11 is 16.3. The molecule has 5 heteroatoms. The summed E-state index contributed by atoms with van der Waals surface area (Å²) in [7, 11) is 0. The molecule has 1 aromatic carbocycles. The van der Waals surface area contributed by atoms with E-state index < -0.39 is 5.24 Å². The lowest BCUT2D eigenvalue weighted by atomic mass is 10.2. The zero-order valence-corrected chi connectivity index (χ0v) is 7.91. The van der Waals surface area contributed by atoms with Gasteiger partial charge in [0.1, 0.15) is 5.75 Å². The molecule has 0 unspecified atom stereocenters. The molecule has 64 valence electrons. The van der Waals surface area contributed by atoms with Crippen LogP contribution >= 0.6 is 34.8 Å². The smallest absolute Gasteiger partial charge is 0.256 e. The predicted octanol–water partition coefficient (Wildman–Crippen LogP) is 3.08. The number of hydrogen-bond donors (Lipinski definition) is 1. The number of aromatic hydroxyl groups is 1. The minimum absolute atomic E-state index is 0.0499. The van der Waals surface area contributed by atoms with Crippen LogP contribution in [-0.2, 0) is 0 Å². The fourth-order valence-electron chi connectivity index (χ4n) is 0.694. The van der Waals surface area contributed by atoms with Crippen molar-refractivity contribution in [2.24, 2.45) is 0 Å². The van der Waals surface area contributed by atoms with Gasteiger partial charge >= 0.3 is 0 Å². The standard InChI is InChI=1S/C7H3Cl3O2/c8-4-1-3(7(10)12)6(11)2-5(4)9/h1-2,11H. The van der Waals surface area contributed by atoms with Gasteiger partial charge < -0.3 is 5.11 Å². The Morgan fingerprint density at radius 1 is 1.25 bits per heavy atom. The molecule has 0 aliphatic carbocycles. The minimum atomic E-state index is -0.772. The van der Waals surface area contributed by atoms with Gasteiger partial charge in [0.25, 0.3) is 5.24 Å². The third-order valence-corrected chi connectivity index (χ3v) is 2.18. The van der Waals surface area contributed by atoms with Crippen molar-refractivity contribution in [2.45, 2.75) is 0 Å². The molecule has 0 heterocycles. The van der Waals surface area contributed by atoms with E-state index >= 15 is 0 Å². The second-order valence-corrected chi connectivity index (χ2v) is 3.21. The number of phenolic OH excluding ortho intramolecular Hbond substituents is 1. The first-order valence-electron chi connectivity index (χ1n) is 2.90. The maximum atomic E-state index is 10.6. The molecule has 0 saturated heterocycles. The molecule has 0 aliphatic rings. The lowest BCUT2D eigenvalue weighted by molar-refractivity contribution is 0.107. The van der Waals surface area contributed by atoms with Crippen LogP contribution in [0, 0.1) is 0 Å². The van der Waals surface area contributed by atoms with E-state index in [4.69, 9.17) is 39.9 Å². The normalized spacial score (nSPS) is 9.92. The van der Waals surface area contributed by atoms with Gasteiger partial charge in [-0.05, 0) is 17.7 Å². The van der Waals surface area contributed by atoms with E-state index in [0.717, 1.165) is 0 Å².